The maximum absolute atomic E-state index is 12.5. The van der Waals surface area contributed by atoms with Crippen molar-refractivity contribution in [1.82, 2.24) is 4.90 Å². The lowest BCUT2D eigenvalue weighted by molar-refractivity contribution is -0.126. The summed E-state index contributed by atoms with van der Waals surface area (Å²) in [5.41, 5.74) is 3.84. The lowest BCUT2D eigenvalue weighted by Gasteiger charge is -2.31. The van der Waals surface area contributed by atoms with Gasteiger partial charge in [-0.15, -0.1) is 0 Å². The van der Waals surface area contributed by atoms with E-state index >= 15 is 0 Å². The molecule has 1 saturated heterocycles. The molecule has 4 nitrogen and oxygen atoms in total. The number of aryl methyl sites for hydroxylation is 1. The van der Waals surface area contributed by atoms with Gasteiger partial charge in [0, 0.05) is 24.7 Å². The van der Waals surface area contributed by atoms with Crippen LogP contribution in [0, 0.1) is 0 Å². The molecule has 27 heavy (non-hydrogen) atoms. The molecule has 0 radical (unpaired) electrons. The van der Waals surface area contributed by atoms with Crippen molar-refractivity contribution in [3.05, 3.63) is 70.8 Å². The Labute approximate surface area is 160 Å². The Kier molecular flexibility index (Phi) is 6.30. The Morgan fingerprint density at radius 2 is 1.93 bits per heavy atom. The number of benzene rings is 2. The first-order valence-corrected chi connectivity index (χ1v) is 9.60. The van der Waals surface area contributed by atoms with E-state index in [9.17, 15) is 15.0 Å². The second kappa shape index (κ2) is 8.87. The summed E-state index contributed by atoms with van der Waals surface area (Å²) in [6.45, 7) is 3.40. The molecule has 0 unspecified atom stereocenters. The van der Waals surface area contributed by atoms with Crippen molar-refractivity contribution in [2.45, 2.75) is 38.7 Å². The van der Waals surface area contributed by atoms with Crippen LogP contribution < -0.4 is 0 Å². The van der Waals surface area contributed by atoms with Gasteiger partial charge in [0.2, 0.25) is 5.91 Å². The normalized spacial score (nSPS) is 15.4. The largest absolute Gasteiger partial charge is 0.508 e. The standard InChI is InChI=1S/C23H27NO3/c1-2-17-5-3-7-20(15-17)18-11-13-24(14-12-18)23(27)10-9-19-6-4-8-22(26)21(19)16-25/h3-10,15,18,25-26H,2,11-14,16H2,1H3/b10-9+. The highest BCUT2D eigenvalue weighted by atomic mass is 16.3. The van der Waals surface area contributed by atoms with Crippen molar-refractivity contribution >= 4 is 12.0 Å². The van der Waals surface area contributed by atoms with Crippen molar-refractivity contribution in [3.8, 4) is 5.75 Å². The van der Waals surface area contributed by atoms with Gasteiger partial charge in [0.15, 0.2) is 0 Å². The molecule has 0 aromatic heterocycles. The molecule has 1 fully saturated rings. The predicted octanol–water partition coefficient (Wildman–Crippen LogP) is 3.87. The fourth-order valence-corrected chi connectivity index (χ4v) is 3.69. The molecule has 2 aromatic rings. The number of likely N-dealkylation sites (tertiary alicyclic amines) is 1. The van der Waals surface area contributed by atoms with Gasteiger partial charge in [-0.25, -0.2) is 0 Å². The van der Waals surface area contributed by atoms with Crippen molar-refractivity contribution in [1.29, 1.82) is 0 Å². The molecule has 0 saturated carbocycles. The number of aliphatic hydroxyl groups is 1. The fraction of sp³-hybridized carbons (Fsp3) is 0.348. The second-order valence-corrected chi connectivity index (χ2v) is 7.03. The van der Waals surface area contributed by atoms with E-state index in [1.807, 2.05) is 4.90 Å². The topological polar surface area (TPSA) is 60.8 Å². The molecule has 0 atom stereocenters. The van der Waals surface area contributed by atoms with Gasteiger partial charge in [-0.1, -0.05) is 43.3 Å². The smallest absolute Gasteiger partial charge is 0.246 e. The van der Waals surface area contributed by atoms with Crippen molar-refractivity contribution in [2.75, 3.05) is 13.1 Å². The van der Waals surface area contributed by atoms with Gasteiger partial charge in [0.05, 0.1) is 6.61 Å². The van der Waals surface area contributed by atoms with Gasteiger partial charge in [0.1, 0.15) is 5.75 Å². The molecule has 1 heterocycles. The van der Waals surface area contributed by atoms with Crippen molar-refractivity contribution in [2.24, 2.45) is 0 Å². The molecule has 1 aliphatic heterocycles. The number of carbonyl (C=O) groups is 1. The maximum Gasteiger partial charge on any atom is 0.246 e. The second-order valence-electron chi connectivity index (χ2n) is 7.03. The monoisotopic (exact) mass is 365 g/mol. The molecule has 3 rings (SSSR count). The minimum Gasteiger partial charge on any atom is -0.508 e. The third-order valence-electron chi connectivity index (χ3n) is 5.39. The van der Waals surface area contributed by atoms with E-state index in [1.165, 1.54) is 23.3 Å². The zero-order valence-electron chi connectivity index (χ0n) is 15.8. The average molecular weight is 365 g/mol. The average Bonchev–Trinajstić information content (AvgIpc) is 2.72. The highest BCUT2D eigenvalue weighted by Gasteiger charge is 2.22. The molecular weight excluding hydrogens is 338 g/mol. The van der Waals surface area contributed by atoms with Crippen LogP contribution in [0.25, 0.3) is 6.08 Å². The van der Waals surface area contributed by atoms with E-state index < -0.39 is 0 Å². The molecule has 1 aliphatic rings. The molecule has 2 aromatic carbocycles. The molecular formula is C23H27NO3. The van der Waals surface area contributed by atoms with Crippen LogP contribution in [0.2, 0.25) is 0 Å². The zero-order valence-corrected chi connectivity index (χ0v) is 15.8. The van der Waals surface area contributed by atoms with E-state index in [1.54, 1.807) is 18.2 Å². The summed E-state index contributed by atoms with van der Waals surface area (Å²) in [7, 11) is 0. The van der Waals surface area contributed by atoms with Crippen molar-refractivity contribution < 1.29 is 15.0 Å². The van der Waals surface area contributed by atoms with Gasteiger partial charge in [0.25, 0.3) is 0 Å². The predicted molar refractivity (Wildman–Crippen MR) is 107 cm³/mol. The number of amides is 1. The van der Waals surface area contributed by atoms with E-state index in [0.29, 0.717) is 17.0 Å². The number of phenols is 1. The first-order valence-electron chi connectivity index (χ1n) is 9.60. The number of aromatic hydroxyl groups is 1. The van der Waals surface area contributed by atoms with Crippen LogP contribution in [0.15, 0.2) is 48.5 Å². The maximum atomic E-state index is 12.5. The van der Waals surface area contributed by atoms with Crippen LogP contribution in [0.3, 0.4) is 0 Å². The summed E-state index contributed by atoms with van der Waals surface area (Å²) in [6, 6.07) is 13.8. The Balaban J connectivity index is 1.61. The Morgan fingerprint density at radius 3 is 2.63 bits per heavy atom. The highest BCUT2D eigenvalue weighted by Crippen LogP contribution is 2.29. The third kappa shape index (κ3) is 4.58. The number of nitrogens with zero attached hydrogens (tertiary/aromatic N) is 1. The van der Waals surface area contributed by atoms with Gasteiger partial charge >= 0.3 is 0 Å². The number of hydrogen-bond acceptors (Lipinski definition) is 3. The van der Waals surface area contributed by atoms with Gasteiger partial charge in [-0.2, -0.15) is 0 Å². The SMILES string of the molecule is CCc1cccc(C2CCN(C(=O)/C=C/c3cccc(O)c3CO)CC2)c1. The van der Waals surface area contributed by atoms with Crippen LogP contribution in [-0.2, 0) is 17.8 Å². The summed E-state index contributed by atoms with van der Waals surface area (Å²) in [5.74, 6) is 0.529. The molecule has 142 valence electrons. The molecule has 0 spiro atoms. The number of carbonyl (C=O) groups excluding carboxylic acids is 1. The molecule has 2 N–H and O–H groups in total. The van der Waals surface area contributed by atoms with Crippen LogP contribution in [0.1, 0.15) is 47.9 Å². The number of aliphatic hydroxyl groups excluding tert-OH is 1. The van der Waals surface area contributed by atoms with Crippen LogP contribution in [0.5, 0.6) is 5.75 Å². The van der Waals surface area contributed by atoms with E-state index in [4.69, 9.17) is 0 Å². The Morgan fingerprint density at radius 1 is 1.19 bits per heavy atom. The molecule has 1 amide bonds. The van der Waals surface area contributed by atoms with E-state index in [-0.39, 0.29) is 18.3 Å². The van der Waals surface area contributed by atoms with Crippen LogP contribution >= 0.6 is 0 Å². The van der Waals surface area contributed by atoms with Crippen LogP contribution in [0.4, 0.5) is 0 Å². The fourth-order valence-electron chi connectivity index (χ4n) is 3.69. The summed E-state index contributed by atoms with van der Waals surface area (Å²) >= 11 is 0. The number of piperidine rings is 1. The van der Waals surface area contributed by atoms with E-state index in [2.05, 4.69) is 31.2 Å². The minimum atomic E-state index is -0.261. The quantitative estimate of drug-likeness (QED) is 0.791. The Hall–Kier alpha value is -2.59. The number of hydrogen-bond donors (Lipinski definition) is 2. The van der Waals surface area contributed by atoms with E-state index in [0.717, 1.165) is 32.4 Å². The van der Waals surface area contributed by atoms with Gasteiger partial charge in [-0.05, 0) is 54.0 Å². The Bertz CT molecular complexity index is 820. The molecule has 4 heteroatoms. The summed E-state index contributed by atoms with van der Waals surface area (Å²) in [4.78, 5) is 14.4. The minimum absolute atomic E-state index is 0.0250. The summed E-state index contributed by atoms with van der Waals surface area (Å²) < 4.78 is 0. The first kappa shape index (κ1) is 19.2. The van der Waals surface area contributed by atoms with Gasteiger partial charge < -0.3 is 15.1 Å². The first-order chi connectivity index (χ1) is 13.1. The van der Waals surface area contributed by atoms with Crippen LogP contribution in [-0.4, -0.2) is 34.1 Å². The summed E-state index contributed by atoms with van der Waals surface area (Å²) in [5, 5.41) is 19.2. The van der Waals surface area contributed by atoms with Gasteiger partial charge in [-0.3, -0.25) is 4.79 Å². The highest BCUT2D eigenvalue weighted by molar-refractivity contribution is 5.92. The molecule has 0 aliphatic carbocycles. The molecule has 0 bridgehead atoms. The zero-order chi connectivity index (χ0) is 19.2. The lowest BCUT2D eigenvalue weighted by atomic mass is 9.88. The summed E-state index contributed by atoms with van der Waals surface area (Å²) in [6.07, 6.45) is 6.19. The van der Waals surface area contributed by atoms with Crippen molar-refractivity contribution in [3.63, 3.8) is 0 Å². The third-order valence-corrected chi connectivity index (χ3v) is 5.39. The lowest BCUT2D eigenvalue weighted by Crippen LogP contribution is -2.36. The number of rotatable bonds is 5.